The highest BCUT2D eigenvalue weighted by Crippen LogP contribution is 2.36. The molecule has 0 saturated carbocycles. The van der Waals surface area contributed by atoms with E-state index in [4.69, 9.17) is 9.47 Å². The normalized spacial score (nSPS) is 10.7. The number of carbonyl (C=O) groups is 1. The van der Waals surface area contributed by atoms with Crippen LogP contribution in [0, 0.1) is 0 Å². The molecule has 0 saturated heterocycles. The van der Waals surface area contributed by atoms with Crippen LogP contribution >= 0.6 is 15.9 Å². The van der Waals surface area contributed by atoms with Crippen molar-refractivity contribution in [3.05, 3.63) is 58.1 Å². The predicted molar refractivity (Wildman–Crippen MR) is 103 cm³/mol. The highest BCUT2D eigenvalue weighted by atomic mass is 79.9. The lowest BCUT2D eigenvalue weighted by Gasteiger charge is -2.12. The van der Waals surface area contributed by atoms with E-state index >= 15 is 0 Å². The number of nitrogens with one attached hydrogen (secondary N) is 1. The van der Waals surface area contributed by atoms with Crippen molar-refractivity contribution in [2.45, 2.75) is 19.8 Å². The summed E-state index contributed by atoms with van der Waals surface area (Å²) in [5.74, 6) is 0.764. The van der Waals surface area contributed by atoms with E-state index in [1.54, 1.807) is 18.3 Å². The van der Waals surface area contributed by atoms with E-state index in [0.717, 1.165) is 12.8 Å². The molecule has 132 valence electrons. The quantitative estimate of drug-likeness (QED) is 0.529. The maximum absolute atomic E-state index is 12.2. The van der Waals surface area contributed by atoms with Crippen LogP contribution in [-0.4, -0.2) is 25.8 Å². The molecule has 0 heterocycles. The molecular weight excluding hydrogens is 384 g/mol. The summed E-state index contributed by atoms with van der Waals surface area (Å²) in [5, 5.41) is 3.99. The Hall–Kier alpha value is -2.34. The first-order chi connectivity index (χ1) is 12.2. The second kappa shape index (κ2) is 9.84. The van der Waals surface area contributed by atoms with Crippen molar-refractivity contribution in [1.82, 2.24) is 5.43 Å². The maximum atomic E-state index is 12.2. The van der Waals surface area contributed by atoms with E-state index in [9.17, 15) is 4.79 Å². The summed E-state index contributed by atoms with van der Waals surface area (Å²) in [4.78, 5) is 12.2. The first-order valence-electron chi connectivity index (χ1n) is 8.01. The van der Waals surface area contributed by atoms with Gasteiger partial charge >= 0.3 is 0 Å². The Morgan fingerprint density at radius 3 is 2.72 bits per heavy atom. The molecule has 1 N–H and O–H groups in total. The topological polar surface area (TPSA) is 59.9 Å². The lowest BCUT2D eigenvalue weighted by Crippen LogP contribution is -2.17. The zero-order valence-electron chi connectivity index (χ0n) is 14.3. The number of rotatable bonds is 8. The van der Waals surface area contributed by atoms with Gasteiger partial charge < -0.3 is 9.47 Å². The van der Waals surface area contributed by atoms with Crippen LogP contribution in [0.15, 0.2) is 52.0 Å². The predicted octanol–water partition coefficient (Wildman–Crippen LogP) is 4.20. The number of hydrogen-bond acceptors (Lipinski definition) is 4. The van der Waals surface area contributed by atoms with Crippen molar-refractivity contribution in [1.29, 1.82) is 0 Å². The third-order valence-corrected chi connectivity index (χ3v) is 4.03. The van der Waals surface area contributed by atoms with E-state index < -0.39 is 0 Å². The van der Waals surface area contributed by atoms with Crippen LogP contribution in [0.3, 0.4) is 0 Å². The molecule has 6 heteroatoms. The summed E-state index contributed by atoms with van der Waals surface area (Å²) in [6.45, 7) is 2.39. The molecule has 2 aromatic carbocycles. The number of hydrazone groups is 1. The SMILES string of the molecule is CCOc1c(Br)cc(C(=O)N/N=C\CCc2ccccc2)cc1OC. The maximum Gasteiger partial charge on any atom is 0.271 e. The minimum atomic E-state index is -0.307. The first kappa shape index (κ1) is 19.0. The summed E-state index contributed by atoms with van der Waals surface area (Å²) in [7, 11) is 1.54. The standard InChI is InChI=1S/C19H21BrN2O3/c1-3-25-18-16(20)12-15(13-17(18)24-2)19(23)22-21-11-7-10-14-8-5-4-6-9-14/h4-6,8-9,11-13H,3,7,10H2,1-2H3,(H,22,23)/b21-11-. The number of amides is 1. The third-order valence-electron chi connectivity index (χ3n) is 3.44. The van der Waals surface area contributed by atoms with Gasteiger partial charge in [0.05, 0.1) is 18.2 Å². The van der Waals surface area contributed by atoms with Crippen molar-refractivity contribution in [2.75, 3.05) is 13.7 Å². The van der Waals surface area contributed by atoms with Crippen LogP contribution in [-0.2, 0) is 6.42 Å². The van der Waals surface area contributed by atoms with Gasteiger partial charge in [-0.1, -0.05) is 30.3 Å². The molecule has 0 aromatic heterocycles. The van der Waals surface area contributed by atoms with Gasteiger partial charge in [0, 0.05) is 11.8 Å². The Labute approximate surface area is 156 Å². The number of halogens is 1. The minimum absolute atomic E-state index is 0.307. The second-order valence-electron chi connectivity index (χ2n) is 5.20. The fourth-order valence-electron chi connectivity index (χ4n) is 2.24. The van der Waals surface area contributed by atoms with Gasteiger partial charge in [-0.15, -0.1) is 0 Å². The molecular formula is C19H21BrN2O3. The molecule has 0 fully saturated rings. The van der Waals surface area contributed by atoms with Crippen molar-refractivity contribution >= 4 is 28.1 Å². The van der Waals surface area contributed by atoms with Crippen molar-refractivity contribution in [2.24, 2.45) is 5.10 Å². The van der Waals surface area contributed by atoms with Crippen LogP contribution in [0.1, 0.15) is 29.3 Å². The van der Waals surface area contributed by atoms with Crippen LogP contribution in [0.4, 0.5) is 0 Å². The zero-order valence-corrected chi connectivity index (χ0v) is 15.9. The molecule has 0 atom stereocenters. The van der Waals surface area contributed by atoms with Gasteiger partial charge in [-0.2, -0.15) is 5.10 Å². The van der Waals surface area contributed by atoms with E-state index in [1.807, 2.05) is 25.1 Å². The van der Waals surface area contributed by atoms with E-state index in [-0.39, 0.29) is 5.91 Å². The first-order valence-corrected chi connectivity index (χ1v) is 8.81. The van der Waals surface area contributed by atoms with Crippen LogP contribution in [0.5, 0.6) is 11.5 Å². The lowest BCUT2D eigenvalue weighted by molar-refractivity contribution is 0.0954. The van der Waals surface area contributed by atoms with Crippen LogP contribution < -0.4 is 14.9 Å². The number of methoxy groups -OCH3 is 1. The Balaban J connectivity index is 1.94. The summed E-state index contributed by atoms with van der Waals surface area (Å²) >= 11 is 3.40. The molecule has 0 aliphatic heterocycles. The van der Waals surface area contributed by atoms with Gasteiger partial charge in [0.2, 0.25) is 0 Å². The molecule has 0 bridgehead atoms. The van der Waals surface area contributed by atoms with E-state index in [2.05, 4.69) is 38.6 Å². The monoisotopic (exact) mass is 404 g/mol. The average Bonchev–Trinajstić information content (AvgIpc) is 2.63. The smallest absolute Gasteiger partial charge is 0.271 e. The lowest BCUT2D eigenvalue weighted by atomic mass is 10.1. The van der Waals surface area contributed by atoms with E-state index in [0.29, 0.717) is 28.1 Å². The molecule has 0 unspecified atom stereocenters. The minimum Gasteiger partial charge on any atom is -0.493 e. The molecule has 2 aromatic rings. The molecule has 2 rings (SSSR count). The van der Waals surface area contributed by atoms with Crippen LogP contribution in [0.25, 0.3) is 0 Å². The summed E-state index contributed by atoms with van der Waals surface area (Å²) < 4.78 is 11.5. The largest absolute Gasteiger partial charge is 0.493 e. The van der Waals surface area contributed by atoms with Gasteiger partial charge in [-0.3, -0.25) is 4.79 Å². The van der Waals surface area contributed by atoms with Crippen molar-refractivity contribution in [3.63, 3.8) is 0 Å². The summed E-state index contributed by atoms with van der Waals surface area (Å²) in [5.41, 5.74) is 4.20. The van der Waals surface area contributed by atoms with Gasteiger partial charge in [0.1, 0.15) is 0 Å². The van der Waals surface area contributed by atoms with Crippen LogP contribution in [0.2, 0.25) is 0 Å². The number of carbonyl (C=O) groups excluding carboxylic acids is 1. The Kier molecular flexibility index (Phi) is 7.47. The Morgan fingerprint density at radius 2 is 2.04 bits per heavy atom. The molecule has 0 radical (unpaired) electrons. The average molecular weight is 405 g/mol. The molecule has 25 heavy (non-hydrogen) atoms. The van der Waals surface area contributed by atoms with Gasteiger partial charge in [-0.25, -0.2) is 5.43 Å². The van der Waals surface area contributed by atoms with Gasteiger partial charge in [-0.05, 0) is 53.4 Å². The zero-order chi connectivity index (χ0) is 18.1. The van der Waals surface area contributed by atoms with E-state index in [1.165, 1.54) is 12.7 Å². The molecule has 0 spiro atoms. The van der Waals surface area contributed by atoms with Gasteiger partial charge in [0.15, 0.2) is 11.5 Å². The highest BCUT2D eigenvalue weighted by molar-refractivity contribution is 9.10. The second-order valence-corrected chi connectivity index (χ2v) is 6.05. The van der Waals surface area contributed by atoms with Gasteiger partial charge in [0.25, 0.3) is 5.91 Å². The molecule has 0 aliphatic rings. The number of benzene rings is 2. The van der Waals surface area contributed by atoms with Crippen molar-refractivity contribution in [3.8, 4) is 11.5 Å². The van der Waals surface area contributed by atoms with Crippen molar-refractivity contribution < 1.29 is 14.3 Å². The summed E-state index contributed by atoms with van der Waals surface area (Å²) in [6.07, 6.45) is 3.33. The molecule has 5 nitrogen and oxygen atoms in total. The number of hydrogen-bond donors (Lipinski definition) is 1. The fourth-order valence-corrected chi connectivity index (χ4v) is 2.80. The number of aryl methyl sites for hydroxylation is 1. The molecule has 0 aliphatic carbocycles. The third kappa shape index (κ3) is 5.60. The summed E-state index contributed by atoms with van der Waals surface area (Å²) in [6, 6.07) is 13.4. The highest BCUT2D eigenvalue weighted by Gasteiger charge is 2.15. The number of nitrogens with zero attached hydrogens (tertiary/aromatic N) is 1. The Bertz CT molecular complexity index is 733. The Morgan fingerprint density at radius 1 is 1.28 bits per heavy atom. The fraction of sp³-hybridized carbons (Fsp3) is 0.263. The molecule has 1 amide bonds. The number of ether oxygens (including phenoxy) is 2.